The van der Waals surface area contributed by atoms with Crippen LogP contribution in [0, 0.1) is 5.92 Å². The zero-order valence-corrected chi connectivity index (χ0v) is 22.6. The number of hydrogen-bond donors (Lipinski definition) is 1. The summed E-state index contributed by atoms with van der Waals surface area (Å²) < 4.78 is 28.2. The molecule has 2 atom stereocenters. The van der Waals surface area contributed by atoms with Gasteiger partial charge in [-0.2, -0.15) is 4.98 Å². The van der Waals surface area contributed by atoms with E-state index in [1.54, 1.807) is 20.2 Å². The van der Waals surface area contributed by atoms with Crippen LogP contribution in [0.15, 0.2) is 30.7 Å². The molecule has 1 unspecified atom stereocenters. The fourth-order valence-corrected chi connectivity index (χ4v) is 5.54. The minimum atomic E-state index is -2.06. The second-order valence-corrected chi connectivity index (χ2v) is 11.5. The van der Waals surface area contributed by atoms with Crippen LogP contribution >= 0.6 is 0 Å². The van der Waals surface area contributed by atoms with Crippen molar-refractivity contribution in [2.45, 2.75) is 50.9 Å². The molecule has 0 amide bonds. The smallest absolute Gasteiger partial charge is 0.227 e. The molecule has 0 spiro atoms. The Balaban J connectivity index is 1.38. The summed E-state index contributed by atoms with van der Waals surface area (Å²) in [5.41, 5.74) is 1.14. The van der Waals surface area contributed by atoms with Gasteiger partial charge in [0.25, 0.3) is 0 Å². The van der Waals surface area contributed by atoms with E-state index < -0.39 is 11.1 Å². The quantitative estimate of drug-likeness (QED) is 0.438. The number of nitrogens with zero attached hydrogens (tertiary/aromatic N) is 6. The third-order valence-corrected chi connectivity index (χ3v) is 8.53. The highest BCUT2D eigenvalue weighted by Gasteiger charge is 2.33. The first-order valence-corrected chi connectivity index (χ1v) is 14.0. The van der Waals surface area contributed by atoms with Crippen molar-refractivity contribution in [3.8, 4) is 0 Å². The minimum absolute atomic E-state index is 0.112. The van der Waals surface area contributed by atoms with Gasteiger partial charge in [0.1, 0.15) is 17.5 Å². The Kier molecular flexibility index (Phi) is 7.55. The zero-order valence-electron chi connectivity index (χ0n) is 21.8. The Morgan fingerprint density at radius 3 is 2.49 bits per heavy atom. The van der Waals surface area contributed by atoms with Gasteiger partial charge in [-0.3, -0.25) is 4.21 Å². The van der Waals surface area contributed by atoms with Crippen LogP contribution in [0.25, 0.3) is 10.8 Å². The summed E-state index contributed by atoms with van der Waals surface area (Å²) in [4.78, 5) is 23.0. The van der Waals surface area contributed by atoms with Gasteiger partial charge in [0.15, 0.2) is 0 Å². The van der Waals surface area contributed by atoms with Crippen molar-refractivity contribution in [3.05, 3.63) is 36.3 Å². The number of aromatic nitrogens is 4. The maximum atomic E-state index is 11.4. The lowest BCUT2D eigenvalue weighted by Crippen LogP contribution is -2.52. The fraction of sp³-hybridized carbons (Fsp3) is 0.538. The van der Waals surface area contributed by atoms with E-state index in [0.29, 0.717) is 36.8 Å². The summed E-state index contributed by atoms with van der Waals surface area (Å²) in [6.07, 6.45) is 7.78. The lowest BCUT2D eigenvalue weighted by Gasteiger charge is -2.44. The molecular weight excluding hydrogens is 490 g/mol. The van der Waals surface area contributed by atoms with Crippen molar-refractivity contribution in [1.82, 2.24) is 19.9 Å². The van der Waals surface area contributed by atoms with E-state index in [4.69, 9.17) is 14.7 Å². The number of nitrogens with one attached hydrogen (secondary N) is 1. The molecular formula is C26H34N7O3S-. The van der Waals surface area contributed by atoms with Crippen LogP contribution in [0.5, 0.6) is 0 Å². The predicted octanol–water partition coefficient (Wildman–Crippen LogP) is 3.61. The van der Waals surface area contributed by atoms with E-state index in [0.717, 1.165) is 48.1 Å². The summed E-state index contributed by atoms with van der Waals surface area (Å²) in [6.45, 7) is 9.14. The molecule has 0 aliphatic carbocycles. The van der Waals surface area contributed by atoms with Crippen molar-refractivity contribution >= 4 is 45.3 Å². The third-order valence-electron chi connectivity index (χ3n) is 7.54. The van der Waals surface area contributed by atoms with Crippen molar-refractivity contribution in [1.29, 1.82) is 0 Å². The molecule has 0 aromatic carbocycles. The number of fused-ring (bicyclic) bond motifs is 1. The largest absolute Gasteiger partial charge is 0.772 e. The highest BCUT2D eigenvalue weighted by molar-refractivity contribution is 7.79. The van der Waals surface area contributed by atoms with Crippen LogP contribution in [0.2, 0.25) is 0 Å². The molecule has 11 heteroatoms. The van der Waals surface area contributed by atoms with E-state index >= 15 is 0 Å². The Morgan fingerprint density at radius 1 is 1.05 bits per heavy atom. The SMILES string of the molecule is COC1CCN(c2nccc(Nc3cc4c(C(C)C)cnc(N5CC([C@H](C)S(=O)[O-])C5)c4cn3)n2)CC1. The standard InChI is InChI=1S/C26H35N7O3S/c1-16(2)21-12-29-25(33-14-18(15-33)17(3)37(34)35)22-13-28-24(11-20(21)22)30-23-5-8-27-26(31-23)32-9-6-19(36-4)7-10-32/h5,8,11-13,16-19H,6-7,9-10,14-15H2,1-4H3,(H,34,35)(H,27,28,30,31)/p-1/t17-/m0/s1. The van der Waals surface area contributed by atoms with Crippen LogP contribution < -0.4 is 15.1 Å². The van der Waals surface area contributed by atoms with Crippen LogP contribution in [-0.2, 0) is 15.8 Å². The van der Waals surface area contributed by atoms with Gasteiger partial charge in [-0.05, 0) is 41.8 Å². The van der Waals surface area contributed by atoms with Crippen molar-refractivity contribution in [2.75, 3.05) is 48.4 Å². The predicted molar refractivity (Wildman–Crippen MR) is 145 cm³/mol. The van der Waals surface area contributed by atoms with Gasteiger partial charge in [0.05, 0.1) is 6.10 Å². The van der Waals surface area contributed by atoms with Gasteiger partial charge in [-0.15, -0.1) is 0 Å². The number of rotatable bonds is 8. The maximum Gasteiger partial charge on any atom is 0.227 e. The van der Waals surface area contributed by atoms with Gasteiger partial charge in [-0.1, -0.05) is 31.9 Å². The first kappa shape index (κ1) is 25.7. The Labute approximate surface area is 220 Å². The Bertz CT molecular complexity index is 1280. The summed E-state index contributed by atoms with van der Waals surface area (Å²) in [5.74, 6) is 3.34. The molecule has 1 N–H and O–H groups in total. The number of hydrogen-bond acceptors (Lipinski definition) is 10. The van der Waals surface area contributed by atoms with Gasteiger partial charge < -0.3 is 24.4 Å². The molecule has 2 saturated heterocycles. The number of anilines is 4. The number of piperidine rings is 1. The first-order valence-electron chi connectivity index (χ1n) is 12.8. The molecule has 0 saturated carbocycles. The summed E-state index contributed by atoms with van der Waals surface area (Å²) >= 11 is -2.06. The highest BCUT2D eigenvalue weighted by atomic mass is 32.2. The lowest BCUT2D eigenvalue weighted by atomic mass is 9.94. The van der Waals surface area contributed by atoms with E-state index in [-0.39, 0.29) is 17.1 Å². The maximum absolute atomic E-state index is 11.4. The van der Waals surface area contributed by atoms with E-state index in [2.05, 4.69) is 38.9 Å². The second-order valence-electron chi connectivity index (χ2n) is 10.2. The highest BCUT2D eigenvalue weighted by Crippen LogP contribution is 2.36. The molecule has 2 aliphatic heterocycles. The van der Waals surface area contributed by atoms with Crippen LogP contribution in [0.4, 0.5) is 23.4 Å². The van der Waals surface area contributed by atoms with E-state index in [1.165, 1.54) is 0 Å². The second kappa shape index (κ2) is 10.8. The third kappa shape index (κ3) is 5.39. The first-order chi connectivity index (χ1) is 17.8. The molecule has 0 radical (unpaired) electrons. The molecule has 3 aromatic heterocycles. The van der Waals surface area contributed by atoms with Gasteiger partial charge in [-0.25, -0.2) is 15.0 Å². The molecule has 198 valence electrons. The van der Waals surface area contributed by atoms with Crippen molar-refractivity contribution < 1.29 is 13.5 Å². The Morgan fingerprint density at radius 2 is 1.81 bits per heavy atom. The monoisotopic (exact) mass is 524 g/mol. The van der Waals surface area contributed by atoms with Crippen LogP contribution in [0.3, 0.4) is 0 Å². The topological polar surface area (TPSA) is 119 Å². The molecule has 2 fully saturated rings. The van der Waals surface area contributed by atoms with Crippen LogP contribution in [0.1, 0.15) is 45.1 Å². The number of pyridine rings is 2. The van der Waals surface area contributed by atoms with E-state index in [9.17, 15) is 8.76 Å². The van der Waals surface area contributed by atoms with E-state index in [1.807, 2.05) is 24.5 Å². The molecule has 10 nitrogen and oxygen atoms in total. The molecule has 2 aliphatic rings. The zero-order chi connectivity index (χ0) is 26.1. The summed E-state index contributed by atoms with van der Waals surface area (Å²) in [6, 6.07) is 3.90. The lowest BCUT2D eigenvalue weighted by molar-refractivity contribution is 0.0816. The normalized spacial score (nSPS) is 18.8. The van der Waals surface area contributed by atoms with Gasteiger partial charge in [0.2, 0.25) is 5.95 Å². The minimum Gasteiger partial charge on any atom is -0.772 e. The van der Waals surface area contributed by atoms with Gasteiger partial charge in [0, 0.05) is 68.4 Å². The average Bonchev–Trinajstić information content (AvgIpc) is 2.87. The molecule has 5 rings (SSSR count). The Hall–Kier alpha value is -2.89. The van der Waals surface area contributed by atoms with Crippen LogP contribution in [-0.4, -0.2) is 73.3 Å². The molecule has 5 heterocycles. The molecule has 37 heavy (non-hydrogen) atoms. The van der Waals surface area contributed by atoms with Crippen molar-refractivity contribution in [3.63, 3.8) is 0 Å². The molecule has 3 aromatic rings. The molecule has 0 bridgehead atoms. The fourth-order valence-electron chi connectivity index (χ4n) is 5.06. The summed E-state index contributed by atoms with van der Waals surface area (Å²) in [7, 11) is 1.76. The number of methoxy groups -OCH3 is 1. The van der Waals surface area contributed by atoms with Gasteiger partial charge >= 0.3 is 0 Å². The van der Waals surface area contributed by atoms with Crippen molar-refractivity contribution in [2.24, 2.45) is 5.92 Å². The number of ether oxygens (including phenoxy) is 1. The average molecular weight is 525 g/mol. The summed E-state index contributed by atoms with van der Waals surface area (Å²) in [5, 5.41) is 5.04.